The van der Waals surface area contributed by atoms with Crippen LogP contribution in [-0.4, -0.2) is 46.7 Å². The molecule has 0 aliphatic rings. The second-order valence-corrected chi connectivity index (χ2v) is 9.63. The van der Waals surface area contributed by atoms with Crippen molar-refractivity contribution in [3.05, 3.63) is 48.5 Å². The van der Waals surface area contributed by atoms with Crippen LogP contribution in [0, 0.1) is 5.92 Å². The summed E-state index contributed by atoms with van der Waals surface area (Å²) in [7, 11) is -1.71. The van der Waals surface area contributed by atoms with E-state index in [1.54, 1.807) is 18.2 Å². The van der Waals surface area contributed by atoms with Gasteiger partial charge < -0.3 is 20.1 Å². The fourth-order valence-corrected chi connectivity index (χ4v) is 4.08. The Morgan fingerprint density at radius 3 is 2.20 bits per heavy atom. The van der Waals surface area contributed by atoms with Crippen LogP contribution < -0.4 is 16.0 Å². The number of aliphatic imine (C=N–C) groups is 1. The molecule has 2 rings (SSSR count). The summed E-state index contributed by atoms with van der Waals surface area (Å²) in [5, 5.41) is 7.59. The van der Waals surface area contributed by atoms with E-state index in [0.717, 1.165) is 14.2 Å². The van der Waals surface area contributed by atoms with Gasteiger partial charge in [-0.1, -0.05) is 32.0 Å². The van der Waals surface area contributed by atoms with Crippen molar-refractivity contribution in [1.82, 2.24) is 5.32 Å². The molecule has 188 valence electrons. The van der Waals surface area contributed by atoms with E-state index in [-0.39, 0.29) is 33.5 Å². The smallest absolute Gasteiger partial charge is 0.436 e. The summed E-state index contributed by atoms with van der Waals surface area (Å²) >= 11 is 0. The summed E-state index contributed by atoms with van der Waals surface area (Å²) in [4.78, 5) is 39.4. The Labute approximate surface area is 203 Å². The van der Waals surface area contributed by atoms with Gasteiger partial charge in [-0.3, -0.25) is 10.1 Å². The van der Waals surface area contributed by atoms with E-state index in [1.807, 2.05) is 13.8 Å². The molecular formula is C23H28N4O7S. The standard InChI is InChI=1S/C23H28N4O7S/c1-15(2)10-13-20(28)24-18-12-11-17(35(31,32)16-8-6-5-7-9-16)14-19(18)25-21(26-22(29)33-3)27-23(30)34-4/h5-9,11-12,14-15H,10,13H2,1-4H3,(H,24,28)(H2,25,26,27,29,30). The lowest BCUT2D eigenvalue weighted by Gasteiger charge is -2.16. The number of nitrogens with zero attached hydrogens (tertiary/aromatic N) is 1. The molecule has 0 saturated heterocycles. The van der Waals surface area contributed by atoms with Crippen LogP contribution in [0.15, 0.2) is 63.3 Å². The molecule has 2 aromatic rings. The third-order valence-corrected chi connectivity index (χ3v) is 6.38. The van der Waals surface area contributed by atoms with E-state index < -0.39 is 28.0 Å². The minimum atomic E-state index is -3.92. The van der Waals surface area contributed by atoms with Gasteiger partial charge in [-0.2, -0.15) is 0 Å². The zero-order valence-corrected chi connectivity index (χ0v) is 20.6. The summed E-state index contributed by atoms with van der Waals surface area (Å²) < 4.78 is 35.3. The van der Waals surface area contributed by atoms with Gasteiger partial charge in [0.05, 0.1) is 35.4 Å². The first-order valence-electron chi connectivity index (χ1n) is 10.6. The maximum absolute atomic E-state index is 13.1. The van der Waals surface area contributed by atoms with Gasteiger partial charge in [0.2, 0.25) is 21.7 Å². The number of hydrogen-bond donors (Lipinski definition) is 3. The summed E-state index contributed by atoms with van der Waals surface area (Å²) in [6.45, 7) is 3.97. The molecule has 35 heavy (non-hydrogen) atoms. The minimum Gasteiger partial charge on any atom is -0.453 e. The van der Waals surface area contributed by atoms with Crippen molar-refractivity contribution < 1.29 is 32.3 Å². The van der Waals surface area contributed by atoms with Crippen LogP contribution in [0.3, 0.4) is 0 Å². The van der Waals surface area contributed by atoms with Crippen molar-refractivity contribution in [3.8, 4) is 0 Å². The first kappa shape index (κ1) is 27.3. The number of hydrogen-bond acceptors (Lipinski definition) is 7. The van der Waals surface area contributed by atoms with E-state index in [9.17, 15) is 22.8 Å². The molecule has 0 aliphatic carbocycles. The summed E-state index contributed by atoms with van der Waals surface area (Å²) in [6, 6.07) is 11.8. The monoisotopic (exact) mass is 504 g/mol. The van der Waals surface area contributed by atoms with E-state index in [2.05, 4.69) is 30.4 Å². The SMILES string of the molecule is COC(=O)N=C(NC(=O)OC)Nc1cc(S(=O)(=O)c2ccccc2)ccc1NC(=O)CCC(C)C. The Bertz CT molecular complexity index is 1200. The largest absolute Gasteiger partial charge is 0.453 e. The number of carbonyl (C=O) groups excluding carboxylic acids is 3. The van der Waals surface area contributed by atoms with Gasteiger partial charge in [0.1, 0.15) is 0 Å². The van der Waals surface area contributed by atoms with Crippen LogP contribution >= 0.6 is 0 Å². The van der Waals surface area contributed by atoms with Gasteiger partial charge in [0, 0.05) is 6.42 Å². The Hall–Kier alpha value is -3.93. The molecule has 0 spiro atoms. The van der Waals surface area contributed by atoms with Gasteiger partial charge in [-0.05, 0) is 42.7 Å². The molecule has 0 bridgehead atoms. The number of alkyl carbamates (subject to hydrolysis) is 1. The third kappa shape index (κ3) is 8.10. The number of methoxy groups -OCH3 is 2. The van der Waals surface area contributed by atoms with E-state index in [4.69, 9.17) is 0 Å². The molecule has 12 heteroatoms. The summed E-state index contributed by atoms with van der Waals surface area (Å²) in [6.07, 6.45) is -1.10. The van der Waals surface area contributed by atoms with Crippen LogP contribution in [0.4, 0.5) is 21.0 Å². The highest BCUT2D eigenvalue weighted by Crippen LogP contribution is 2.29. The first-order valence-corrected chi connectivity index (χ1v) is 12.1. The van der Waals surface area contributed by atoms with Gasteiger partial charge in [0.25, 0.3) is 0 Å². The lowest BCUT2D eigenvalue weighted by Crippen LogP contribution is -2.36. The Kier molecular flexibility index (Phi) is 9.76. The maximum atomic E-state index is 13.1. The average molecular weight is 505 g/mol. The number of ether oxygens (including phenoxy) is 2. The van der Waals surface area contributed by atoms with Gasteiger partial charge in [-0.15, -0.1) is 4.99 Å². The zero-order valence-electron chi connectivity index (χ0n) is 19.8. The first-order chi connectivity index (χ1) is 16.6. The highest BCUT2D eigenvalue weighted by atomic mass is 32.2. The van der Waals surface area contributed by atoms with Gasteiger partial charge in [-0.25, -0.2) is 18.0 Å². The molecule has 2 aromatic carbocycles. The molecule has 0 fully saturated rings. The van der Waals surface area contributed by atoms with Crippen molar-refractivity contribution in [2.45, 2.75) is 36.5 Å². The molecule has 0 saturated carbocycles. The molecule has 3 amide bonds. The molecule has 0 radical (unpaired) electrons. The number of sulfone groups is 1. The third-order valence-electron chi connectivity index (χ3n) is 4.61. The summed E-state index contributed by atoms with van der Waals surface area (Å²) in [5.41, 5.74) is 0.258. The second-order valence-electron chi connectivity index (χ2n) is 7.68. The number of amides is 3. The Balaban J connectivity index is 2.52. The Morgan fingerprint density at radius 2 is 1.60 bits per heavy atom. The van der Waals surface area contributed by atoms with E-state index in [1.165, 1.54) is 30.3 Å². The van der Waals surface area contributed by atoms with Crippen LogP contribution in [0.2, 0.25) is 0 Å². The van der Waals surface area contributed by atoms with Crippen molar-refractivity contribution >= 4 is 45.3 Å². The number of rotatable bonds is 7. The van der Waals surface area contributed by atoms with Gasteiger partial charge >= 0.3 is 12.2 Å². The lowest BCUT2D eigenvalue weighted by atomic mass is 10.1. The molecule has 0 aromatic heterocycles. The molecule has 11 nitrogen and oxygen atoms in total. The minimum absolute atomic E-state index is 0.0546. The van der Waals surface area contributed by atoms with Gasteiger partial charge in [0.15, 0.2) is 0 Å². The highest BCUT2D eigenvalue weighted by Gasteiger charge is 2.21. The molecule has 0 unspecified atom stereocenters. The molecular weight excluding hydrogens is 476 g/mol. The number of benzene rings is 2. The quantitative estimate of drug-likeness (QED) is 0.380. The lowest BCUT2D eigenvalue weighted by molar-refractivity contribution is -0.116. The van der Waals surface area contributed by atoms with Crippen molar-refractivity contribution in [1.29, 1.82) is 0 Å². The van der Waals surface area contributed by atoms with Crippen molar-refractivity contribution in [2.24, 2.45) is 10.9 Å². The number of carbonyl (C=O) groups is 3. The number of anilines is 2. The van der Waals surface area contributed by atoms with Crippen LogP contribution in [0.1, 0.15) is 26.7 Å². The average Bonchev–Trinajstić information content (AvgIpc) is 2.83. The number of nitrogens with one attached hydrogen (secondary N) is 3. The van der Waals surface area contributed by atoms with Crippen molar-refractivity contribution in [3.63, 3.8) is 0 Å². The normalized spacial score (nSPS) is 11.5. The topological polar surface area (TPSA) is 152 Å². The molecule has 0 atom stereocenters. The fraction of sp³-hybridized carbons (Fsp3) is 0.304. The molecule has 0 heterocycles. The van der Waals surface area contributed by atoms with Crippen LogP contribution in [0.5, 0.6) is 0 Å². The van der Waals surface area contributed by atoms with Crippen LogP contribution in [0.25, 0.3) is 0 Å². The maximum Gasteiger partial charge on any atom is 0.436 e. The predicted octanol–water partition coefficient (Wildman–Crippen LogP) is 3.78. The van der Waals surface area contributed by atoms with Crippen molar-refractivity contribution in [2.75, 3.05) is 24.9 Å². The van der Waals surface area contributed by atoms with E-state index >= 15 is 0 Å². The predicted molar refractivity (Wildman–Crippen MR) is 130 cm³/mol. The fourth-order valence-electron chi connectivity index (χ4n) is 2.77. The van der Waals surface area contributed by atoms with Crippen LogP contribution in [-0.2, 0) is 24.1 Å². The van der Waals surface area contributed by atoms with E-state index in [0.29, 0.717) is 12.3 Å². The molecule has 0 aliphatic heterocycles. The highest BCUT2D eigenvalue weighted by molar-refractivity contribution is 7.91. The summed E-state index contributed by atoms with van der Waals surface area (Å²) in [5.74, 6) is -0.400. The zero-order chi connectivity index (χ0) is 26.0. The Morgan fingerprint density at radius 1 is 0.914 bits per heavy atom. The molecule has 3 N–H and O–H groups in total. The second kappa shape index (κ2) is 12.5. The number of guanidine groups is 1.